The van der Waals surface area contributed by atoms with E-state index in [4.69, 9.17) is 11.5 Å². The highest BCUT2D eigenvalue weighted by molar-refractivity contribution is 5.96. The highest BCUT2D eigenvalue weighted by Gasteiger charge is 2.28. The van der Waals surface area contributed by atoms with Gasteiger partial charge >= 0.3 is 0 Å². The molecule has 4 N–H and O–H groups in total. The van der Waals surface area contributed by atoms with Gasteiger partial charge in [0.25, 0.3) is 0 Å². The molecule has 2 heterocycles. The van der Waals surface area contributed by atoms with Crippen LogP contribution in [0.15, 0.2) is 12.1 Å². The molecule has 0 bridgehead atoms. The third kappa shape index (κ3) is 1.85. The normalized spacial score (nSPS) is 18.3. The summed E-state index contributed by atoms with van der Waals surface area (Å²) in [5.41, 5.74) is 15.3. The van der Waals surface area contributed by atoms with E-state index in [2.05, 4.69) is 20.9 Å². The van der Waals surface area contributed by atoms with E-state index in [1.54, 1.807) is 0 Å². The Morgan fingerprint density at radius 2 is 2.05 bits per heavy atom. The fourth-order valence-electron chi connectivity index (χ4n) is 3.25. The number of benzene rings is 1. The van der Waals surface area contributed by atoms with Crippen LogP contribution in [-0.4, -0.2) is 23.1 Å². The summed E-state index contributed by atoms with van der Waals surface area (Å²) in [5.74, 6) is 1.65. The summed E-state index contributed by atoms with van der Waals surface area (Å²) in [7, 11) is 0. The zero-order chi connectivity index (χ0) is 13.7. The molecule has 0 unspecified atom stereocenters. The van der Waals surface area contributed by atoms with Gasteiger partial charge in [-0.15, -0.1) is 0 Å². The second-order valence-corrected chi connectivity index (χ2v) is 5.92. The van der Waals surface area contributed by atoms with Gasteiger partial charge in [0.1, 0.15) is 5.82 Å². The van der Waals surface area contributed by atoms with Crippen LogP contribution in [0.1, 0.15) is 24.8 Å². The van der Waals surface area contributed by atoms with Crippen LogP contribution in [0, 0.1) is 5.92 Å². The molecule has 2 aliphatic rings. The maximum absolute atomic E-state index is 6.09. The first-order valence-electron chi connectivity index (χ1n) is 7.32. The van der Waals surface area contributed by atoms with Crippen molar-refractivity contribution in [1.82, 2.24) is 9.97 Å². The van der Waals surface area contributed by atoms with Crippen LogP contribution in [0.25, 0.3) is 10.9 Å². The summed E-state index contributed by atoms with van der Waals surface area (Å²) < 4.78 is 0. The SMILES string of the molecule is Nc1nc(N)c2c3c(ccc2n1)N(CC1CC1)CCC3. The molecule has 0 saturated heterocycles. The lowest BCUT2D eigenvalue weighted by Crippen LogP contribution is -2.31. The Kier molecular flexibility index (Phi) is 2.49. The lowest BCUT2D eigenvalue weighted by molar-refractivity contribution is 0.660. The van der Waals surface area contributed by atoms with Crippen molar-refractivity contribution < 1.29 is 0 Å². The molecule has 5 heteroatoms. The van der Waals surface area contributed by atoms with E-state index in [1.165, 1.54) is 37.1 Å². The van der Waals surface area contributed by atoms with Crippen molar-refractivity contribution in [2.45, 2.75) is 25.7 Å². The fraction of sp³-hybridized carbons (Fsp3) is 0.467. The lowest BCUT2D eigenvalue weighted by atomic mass is 9.97. The molecule has 1 aromatic carbocycles. The highest BCUT2D eigenvalue weighted by Crippen LogP contribution is 2.38. The monoisotopic (exact) mass is 269 g/mol. The van der Waals surface area contributed by atoms with Crippen LogP contribution in [-0.2, 0) is 6.42 Å². The van der Waals surface area contributed by atoms with E-state index < -0.39 is 0 Å². The van der Waals surface area contributed by atoms with E-state index in [-0.39, 0.29) is 5.95 Å². The molecule has 1 saturated carbocycles. The maximum Gasteiger partial charge on any atom is 0.222 e. The Morgan fingerprint density at radius 1 is 1.20 bits per heavy atom. The largest absolute Gasteiger partial charge is 0.383 e. The molecular formula is C15H19N5. The van der Waals surface area contributed by atoms with Gasteiger partial charge in [-0.2, -0.15) is 4.98 Å². The topological polar surface area (TPSA) is 81.1 Å². The minimum absolute atomic E-state index is 0.251. The summed E-state index contributed by atoms with van der Waals surface area (Å²) in [4.78, 5) is 11.0. The molecule has 0 atom stereocenters. The second kappa shape index (κ2) is 4.23. The molecule has 1 aliphatic heterocycles. The number of rotatable bonds is 2. The Morgan fingerprint density at radius 3 is 2.85 bits per heavy atom. The number of aromatic nitrogens is 2. The third-order valence-corrected chi connectivity index (χ3v) is 4.36. The minimum atomic E-state index is 0.251. The van der Waals surface area contributed by atoms with Gasteiger partial charge in [0.15, 0.2) is 0 Å². The average molecular weight is 269 g/mol. The van der Waals surface area contributed by atoms with E-state index in [9.17, 15) is 0 Å². The third-order valence-electron chi connectivity index (χ3n) is 4.36. The van der Waals surface area contributed by atoms with Crippen LogP contribution in [0.3, 0.4) is 0 Å². The zero-order valence-electron chi connectivity index (χ0n) is 11.5. The Hall–Kier alpha value is -2.04. The summed E-state index contributed by atoms with van der Waals surface area (Å²) >= 11 is 0. The minimum Gasteiger partial charge on any atom is -0.383 e. The zero-order valence-corrected chi connectivity index (χ0v) is 11.5. The Balaban J connectivity index is 1.87. The first-order chi connectivity index (χ1) is 9.72. The number of fused-ring (bicyclic) bond motifs is 3. The van der Waals surface area contributed by atoms with Crippen LogP contribution in [0.4, 0.5) is 17.5 Å². The van der Waals surface area contributed by atoms with Gasteiger partial charge in [0, 0.05) is 24.2 Å². The second-order valence-electron chi connectivity index (χ2n) is 5.92. The quantitative estimate of drug-likeness (QED) is 0.871. The molecule has 5 nitrogen and oxygen atoms in total. The van der Waals surface area contributed by atoms with Crippen LogP contribution in [0.2, 0.25) is 0 Å². The van der Waals surface area contributed by atoms with Crippen molar-refractivity contribution in [1.29, 1.82) is 0 Å². The number of nitrogen functional groups attached to an aromatic ring is 2. The molecule has 0 spiro atoms. The predicted molar refractivity (Wildman–Crippen MR) is 81.6 cm³/mol. The summed E-state index contributed by atoms with van der Waals surface area (Å²) in [6, 6.07) is 4.19. The van der Waals surface area contributed by atoms with Gasteiger partial charge < -0.3 is 16.4 Å². The molecule has 2 aromatic rings. The van der Waals surface area contributed by atoms with E-state index in [0.717, 1.165) is 29.8 Å². The summed E-state index contributed by atoms with van der Waals surface area (Å²) in [6.45, 7) is 2.32. The Bertz CT molecular complexity index is 678. The van der Waals surface area contributed by atoms with Gasteiger partial charge in [0.2, 0.25) is 5.95 Å². The van der Waals surface area contributed by atoms with Crippen molar-refractivity contribution >= 4 is 28.4 Å². The van der Waals surface area contributed by atoms with E-state index in [1.807, 2.05) is 6.07 Å². The van der Waals surface area contributed by atoms with Crippen LogP contribution in [0.5, 0.6) is 0 Å². The van der Waals surface area contributed by atoms with E-state index in [0.29, 0.717) is 5.82 Å². The smallest absolute Gasteiger partial charge is 0.222 e. The Labute approximate surface area is 118 Å². The fourth-order valence-corrected chi connectivity index (χ4v) is 3.25. The first kappa shape index (κ1) is 11.8. The number of hydrogen-bond donors (Lipinski definition) is 2. The van der Waals surface area contributed by atoms with Gasteiger partial charge in [-0.25, -0.2) is 4.98 Å². The van der Waals surface area contributed by atoms with Gasteiger partial charge in [-0.05, 0) is 49.3 Å². The van der Waals surface area contributed by atoms with Crippen molar-refractivity contribution in [3.8, 4) is 0 Å². The number of aryl methyl sites for hydroxylation is 1. The number of nitrogens with zero attached hydrogens (tertiary/aromatic N) is 3. The molecule has 104 valence electrons. The molecule has 0 radical (unpaired) electrons. The molecular weight excluding hydrogens is 250 g/mol. The number of anilines is 3. The predicted octanol–water partition coefficient (Wildman–Crippen LogP) is 1.96. The van der Waals surface area contributed by atoms with Crippen LogP contribution >= 0.6 is 0 Å². The highest BCUT2D eigenvalue weighted by atomic mass is 15.1. The summed E-state index contributed by atoms with van der Waals surface area (Å²) in [5, 5.41) is 0.997. The molecule has 0 amide bonds. The van der Waals surface area contributed by atoms with E-state index >= 15 is 0 Å². The standard InChI is InChI=1S/C15H19N5/c16-14-13-10-2-1-7-20(8-9-3-4-9)12(10)6-5-11(13)18-15(17)19-14/h5-6,9H,1-4,7-8H2,(H4,16,17,18,19). The lowest BCUT2D eigenvalue weighted by Gasteiger charge is -2.32. The van der Waals surface area contributed by atoms with Crippen molar-refractivity contribution in [2.24, 2.45) is 5.92 Å². The van der Waals surface area contributed by atoms with Crippen molar-refractivity contribution in [3.05, 3.63) is 17.7 Å². The molecule has 1 aliphatic carbocycles. The molecule has 1 fully saturated rings. The first-order valence-corrected chi connectivity index (χ1v) is 7.32. The van der Waals surface area contributed by atoms with Crippen LogP contribution < -0.4 is 16.4 Å². The molecule has 20 heavy (non-hydrogen) atoms. The van der Waals surface area contributed by atoms with Gasteiger partial charge in [0.05, 0.1) is 5.52 Å². The number of nitrogens with two attached hydrogens (primary N) is 2. The van der Waals surface area contributed by atoms with Crippen molar-refractivity contribution in [2.75, 3.05) is 29.5 Å². The average Bonchev–Trinajstić information content (AvgIpc) is 3.22. The molecule has 4 rings (SSSR count). The van der Waals surface area contributed by atoms with Gasteiger partial charge in [-0.1, -0.05) is 0 Å². The van der Waals surface area contributed by atoms with Crippen molar-refractivity contribution in [3.63, 3.8) is 0 Å². The number of hydrogen-bond acceptors (Lipinski definition) is 5. The molecule has 1 aromatic heterocycles. The maximum atomic E-state index is 6.09. The summed E-state index contributed by atoms with van der Waals surface area (Å²) in [6.07, 6.45) is 4.97. The van der Waals surface area contributed by atoms with Gasteiger partial charge in [-0.3, -0.25) is 0 Å².